The third kappa shape index (κ3) is 7.87. The van der Waals surface area contributed by atoms with Crippen LogP contribution in [0.3, 0.4) is 0 Å². The number of rotatable bonds is 8. The molecule has 15 heteroatoms. The summed E-state index contributed by atoms with van der Waals surface area (Å²) in [6.45, 7) is 4.48. The number of alkyl halides is 6. The summed E-state index contributed by atoms with van der Waals surface area (Å²) >= 11 is 0. The summed E-state index contributed by atoms with van der Waals surface area (Å²) < 4.78 is 105. The number of nitrogens with zero attached hydrogens (tertiary/aromatic N) is 4. The third-order valence-electron chi connectivity index (χ3n) is 3.07. The zero-order chi connectivity index (χ0) is 21.8. The number of hydrogen-bond acceptors (Lipinski definition) is 5. The normalized spacial score (nSPS) is 13.2. The first-order chi connectivity index (χ1) is 12.7. The molecule has 0 saturated heterocycles. The minimum absolute atomic E-state index is 0.129. The molecule has 0 fully saturated rings. The van der Waals surface area contributed by atoms with Gasteiger partial charge in [-0.25, -0.2) is 14.2 Å². The van der Waals surface area contributed by atoms with Gasteiger partial charge in [-0.3, -0.25) is 4.57 Å². The summed E-state index contributed by atoms with van der Waals surface area (Å²) in [7, 11) is -5.53. The van der Waals surface area contributed by atoms with E-state index in [0.29, 0.717) is 13.1 Å². The van der Waals surface area contributed by atoms with E-state index in [2.05, 4.69) is 14.6 Å². The summed E-state index contributed by atoms with van der Waals surface area (Å²) in [5.41, 5.74) is -1.59. The maximum absolute atomic E-state index is 14.0. The molecule has 0 aliphatic rings. The van der Waals surface area contributed by atoms with Crippen LogP contribution < -0.4 is 10.3 Å². The highest BCUT2D eigenvalue weighted by Crippen LogP contribution is 2.51. The van der Waals surface area contributed by atoms with Crippen molar-refractivity contribution >= 4 is 19.5 Å². The van der Waals surface area contributed by atoms with E-state index >= 15 is 0 Å². The largest absolute Gasteiger partial charge is 0.399 e. The van der Waals surface area contributed by atoms with Gasteiger partial charge >= 0.3 is 18.0 Å². The highest BCUT2D eigenvalue weighted by atomic mass is 31.2. The van der Waals surface area contributed by atoms with Crippen molar-refractivity contribution < 1.29 is 39.9 Å². The molecule has 0 N–H and O–H groups in total. The third-order valence-corrected chi connectivity index (χ3v) is 5.22. The van der Waals surface area contributed by atoms with E-state index in [-0.39, 0.29) is 10.9 Å². The summed E-state index contributed by atoms with van der Waals surface area (Å²) in [5, 5.41) is 0. The van der Waals surface area contributed by atoms with Gasteiger partial charge in [0.15, 0.2) is 11.6 Å². The predicted molar refractivity (Wildman–Crippen MR) is 85.6 cm³/mol. The number of aliphatic imine (C=N–C) groups is 1. The lowest BCUT2D eigenvalue weighted by Crippen LogP contribution is -2.33. The Kier molecular flexibility index (Phi) is 7.63. The van der Waals surface area contributed by atoms with Crippen molar-refractivity contribution in [3.05, 3.63) is 22.5 Å². The Morgan fingerprint density at radius 1 is 1.18 bits per heavy atom. The van der Waals surface area contributed by atoms with Gasteiger partial charge in [-0.2, -0.15) is 31.3 Å². The van der Waals surface area contributed by atoms with Crippen molar-refractivity contribution in [3.8, 4) is 0 Å². The molecule has 28 heavy (non-hydrogen) atoms. The molecule has 7 nitrogen and oxygen atoms in total. The van der Waals surface area contributed by atoms with Crippen LogP contribution in [-0.4, -0.2) is 58.7 Å². The van der Waals surface area contributed by atoms with E-state index in [1.54, 1.807) is 18.7 Å². The molecule has 0 bridgehead atoms. The van der Waals surface area contributed by atoms with Crippen LogP contribution in [0.2, 0.25) is 0 Å². The standard InChI is InChI=1S/C13H16F7N4O3P/c1-3-23(4-2)8-21-10-9(14)5-24(11(25)22-10)27-28(26,6-12(15,16)17)7-13(18,19)20/h5,8H,3-4,6-7H2,1-2H3. The van der Waals surface area contributed by atoms with E-state index in [1.165, 1.54) is 0 Å². The number of halogens is 7. The van der Waals surface area contributed by atoms with Crippen LogP contribution in [-0.2, 0) is 4.57 Å². The van der Waals surface area contributed by atoms with Gasteiger partial charge < -0.3 is 9.52 Å². The van der Waals surface area contributed by atoms with Crippen molar-refractivity contribution in [3.63, 3.8) is 0 Å². The lowest BCUT2D eigenvalue weighted by molar-refractivity contribution is -0.115. The molecule has 1 heterocycles. The van der Waals surface area contributed by atoms with Gasteiger partial charge in [0, 0.05) is 13.1 Å². The lowest BCUT2D eigenvalue weighted by Gasteiger charge is -2.21. The fraction of sp³-hybridized carbons (Fsp3) is 0.615. The highest BCUT2D eigenvalue weighted by Gasteiger charge is 2.48. The minimum atomic E-state index is -5.53. The van der Waals surface area contributed by atoms with Gasteiger partial charge in [0.1, 0.15) is 12.3 Å². The van der Waals surface area contributed by atoms with Gasteiger partial charge in [0.2, 0.25) is 0 Å². The van der Waals surface area contributed by atoms with Crippen LogP contribution in [0.1, 0.15) is 13.8 Å². The fourth-order valence-corrected chi connectivity index (χ4v) is 3.66. The second-order valence-corrected chi connectivity index (χ2v) is 7.85. The van der Waals surface area contributed by atoms with Crippen LogP contribution in [0.25, 0.3) is 0 Å². The number of aromatic nitrogens is 2. The Morgan fingerprint density at radius 2 is 1.68 bits per heavy atom. The summed E-state index contributed by atoms with van der Waals surface area (Å²) in [5.74, 6) is -2.15. The Bertz CT molecular complexity index is 783. The quantitative estimate of drug-likeness (QED) is 0.269. The average molecular weight is 440 g/mol. The highest BCUT2D eigenvalue weighted by molar-refractivity contribution is 7.59. The van der Waals surface area contributed by atoms with E-state index < -0.39 is 49.4 Å². The summed E-state index contributed by atoms with van der Waals surface area (Å²) in [6.07, 6.45) is -14.2. The number of hydrogen-bond donors (Lipinski definition) is 0. The maximum Gasteiger partial charge on any atom is 0.399 e. The predicted octanol–water partition coefficient (Wildman–Crippen LogP) is 3.22. The summed E-state index contributed by atoms with van der Waals surface area (Å²) in [6, 6.07) is 0. The van der Waals surface area contributed by atoms with Crippen molar-refractivity contribution in [2.24, 2.45) is 4.99 Å². The molecule has 0 spiro atoms. The molecule has 0 aromatic carbocycles. The van der Waals surface area contributed by atoms with Gasteiger partial charge in [-0.15, -0.1) is 4.73 Å². The fourth-order valence-electron chi connectivity index (χ4n) is 1.90. The van der Waals surface area contributed by atoms with Crippen LogP contribution >= 0.6 is 7.37 Å². The topological polar surface area (TPSA) is 76.8 Å². The van der Waals surface area contributed by atoms with Gasteiger partial charge in [-0.05, 0) is 13.8 Å². The second kappa shape index (κ2) is 8.93. The monoisotopic (exact) mass is 440 g/mol. The molecule has 1 aromatic heterocycles. The first-order valence-electron chi connectivity index (χ1n) is 7.67. The molecule has 0 saturated carbocycles. The van der Waals surface area contributed by atoms with Crippen molar-refractivity contribution in [2.45, 2.75) is 26.2 Å². The van der Waals surface area contributed by atoms with E-state index in [0.717, 1.165) is 6.34 Å². The van der Waals surface area contributed by atoms with Crippen LogP contribution in [0.4, 0.5) is 36.6 Å². The first kappa shape index (κ1) is 23.9. The molecular formula is C13H16F7N4O3P. The van der Waals surface area contributed by atoms with Crippen LogP contribution in [0.15, 0.2) is 16.0 Å². The minimum Gasteiger partial charge on any atom is -0.363 e. The van der Waals surface area contributed by atoms with E-state index in [9.17, 15) is 40.1 Å². The Hall–Kier alpha value is -2.11. The molecule has 0 aliphatic heterocycles. The van der Waals surface area contributed by atoms with Crippen LogP contribution in [0.5, 0.6) is 0 Å². The average Bonchev–Trinajstić information content (AvgIpc) is 2.48. The van der Waals surface area contributed by atoms with Gasteiger partial charge in [0.05, 0.1) is 12.5 Å². The van der Waals surface area contributed by atoms with Crippen molar-refractivity contribution in [2.75, 3.05) is 25.4 Å². The SMILES string of the molecule is CCN(C=Nc1nc(=O)n(OP(=O)(CC(F)(F)F)CC(F)(F)F)cc1F)CC. The van der Waals surface area contributed by atoms with Gasteiger partial charge in [0.25, 0.3) is 7.37 Å². The second-order valence-electron chi connectivity index (χ2n) is 5.43. The smallest absolute Gasteiger partial charge is 0.363 e. The van der Waals surface area contributed by atoms with Crippen LogP contribution in [0, 0.1) is 5.82 Å². The first-order valence-corrected chi connectivity index (χ1v) is 9.66. The van der Waals surface area contributed by atoms with Crippen molar-refractivity contribution in [1.29, 1.82) is 0 Å². The molecule has 0 atom stereocenters. The summed E-state index contributed by atoms with van der Waals surface area (Å²) in [4.78, 5) is 20.0. The van der Waals surface area contributed by atoms with Crippen molar-refractivity contribution in [1.82, 2.24) is 14.6 Å². The molecule has 1 aromatic rings. The molecule has 0 amide bonds. The Labute approximate surface area is 154 Å². The maximum atomic E-state index is 14.0. The zero-order valence-electron chi connectivity index (χ0n) is 14.6. The molecule has 1 rings (SSSR count). The molecular weight excluding hydrogens is 424 g/mol. The molecule has 0 aliphatic carbocycles. The zero-order valence-corrected chi connectivity index (χ0v) is 15.5. The Morgan fingerprint density at radius 3 is 2.11 bits per heavy atom. The molecule has 160 valence electrons. The van der Waals surface area contributed by atoms with E-state index in [4.69, 9.17) is 0 Å². The van der Waals surface area contributed by atoms with E-state index in [1.807, 2.05) is 0 Å². The molecule has 0 radical (unpaired) electrons. The Balaban J connectivity index is 3.23. The van der Waals surface area contributed by atoms with Gasteiger partial charge in [-0.1, -0.05) is 0 Å². The lowest BCUT2D eigenvalue weighted by atomic mass is 10.5. The molecule has 0 unspecified atom stereocenters.